The second kappa shape index (κ2) is 7.50. The van der Waals surface area contributed by atoms with E-state index >= 15 is 0 Å². The Morgan fingerprint density at radius 2 is 2.00 bits per heavy atom. The minimum atomic E-state index is -0.390. The number of rotatable bonds is 6. The van der Waals surface area contributed by atoms with Gasteiger partial charge < -0.3 is 10.1 Å². The maximum atomic E-state index is 12.8. The molecule has 0 saturated carbocycles. The SMILES string of the molecule is COC(=O)c1ccc(CNCCc2ccc(F)cc2)nc1. The molecule has 5 heteroatoms. The molecular weight excluding hydrogens is 271 g/mol. The summed E-state index contributed by atoms with van der Waals surface area (Å²) in [5.41, 5.74) is 2.37. The maximum absolute atomic E-state index is 12.8. The van der Waals surface area contributed by atoms with Crippen molar-refractivity contribution >= 4 is 5.97 Å². The molecular formula is C16H17FN2O2. The van der Waals surface area contributed by atoms with Gasteiger partial charge in [-0.05, 0) is 42.8 Å². The van der Waals surface area contributed by atoms with E-state index in [0.29, 0.717) is 12.1 Å². The monoisotopic (exact) mass is 288 g/mol. The molecule has 21 heavy (non-hydrogen) atoms. The normalized spacial score (nSPS) is 10.4. The van der Waals surface area contributed by atoms with E-state index in [1.807, 2.05) is 0 Å². The Morgan fingerprint density at radius 1 is 1.24 bits per heavy atom. The summed E-state index contributed by atoms with van der Waals surface area (Å²) in [4.78, 5) is 15.5. The molecule has 0 unspecified atom stereocenters. The summed E-state index contributed by atoms with van der Waals surface area (Å²) in [6.07, 6.45) is 2.32. The highest BCUT2D eigenvalue weighted by molar-refractivity contribution is 5.88. The molecule has 1 aromatic carbocycles. The fourth-order valence-corrected chi connectivity index (χ4v) is 1.87. The minimum absolute atomic E-state index is 0.221. The van der Waals surface area contributed by atoms with Crippen LogP contribution in [0.1, 0.15) is 21.6 Å². The predicted octanol–water partition coefficient (Wildman–Crippen LogP) is 2.34. The molecule has 1 N–H and O–H groups in total. The first kappa shape index (κ1) is 15.1. The Labute approximate surface area is 123 Å². The molecule has 2 aromatic rings. The second-order valence-electron chi connectivity index (χ2n) is 4.58. The van der Waals surface area contributed by atoms with E-state index in [0.717, 1.165) is 24.2 Å². The summed E-state index contributed by atoms with van der Waals surface area (Å²) < 4.78 is 17.4. The van der Waals surface area contributed by atoms with Crippen LogP contribution in [-0.2, 0) is 17.7 Å². The van der Waals surface area contributed by atoms with Crippen molar-refractivity contribution < 1.29 is 13.9 Å². The van der Waals surface area contributed by atoms with Gasteiger partial charge in [0.15, 0.2) is 0 Å². The second-order valence-corrected chi connectivity index (χ2v) is 4.58. The number of benzene rings is 1. The van der Waals surface area contributed by atoms with Gasteiger partial charge in [0.05, 0.1) is 18.4 Å². The first-order chi connectivity index (χ1) is 10.2. The van der Waals surface area contributed by atoms with Crippen molar-refractivity contribution in [3.8, 4) is 0 Å². The van der Waals surface area contributed by atoms with E-state index in [1.54, 1.807) is 24.3 Å². The van der Waals surface area contributed by atoms with Gasteiger partial charge in [0.1, 0.15) is 5.82 Å². The summed E-state index contributed by atoms with van der Waals surface area (Å²) in [5, 5.41) is 3.26. The lowest BCUT2D eigenvalue weighted by Gasteiger charge is -2.05. The van der Waals surface area contributed by atoms with Crippen molar-refractivity contribution in [1.82, 2.24) is 10.3 Å². The highest BCUT2D eigenvalue weighted by Gasteiger charge is 2.05. The van der Waals surface area contributed by atoms with Crippen LogP contribution in [-0.4, -0.2) is 24.6 Å². The van der Waals surface area contributed by atoms with Crippen molar-refractivity contribution in [2.75, 3.05) is 13.7 Å². The number of nitrogens with zero attached hydrogens (tertiary/aromatic N) is 1. The quantitative estimate of drug-likeness (QED) is 0.655. The Morgan fingerprint density at radius 3 is 2.62 bits per heavy atom. The zero-order valence-corrected chi connectivity index (χ0v) is 11.8. The van der Waals surface area contributed by atoms with Gasteiger partial charge in [-0.3, -0.25) is 4.98 Å². The third kappa shape index (κ3) is 4.65. The van der Waals surface area contributed by atoms with E-state index < -0.39 is 5.97 Å². The first-order valence-electron chi connectivity index (χ1n) is 6.67. The summed E-state index contributed by atoms with van der Waals surface area (Å²) in [6, 6.07) is 9.96. The molecule has 0 atom stereocenters. The van der Waals surface area contributed by atoms with Crippen LogP contribution in [0.2, 0.25) is 0 Å². The van der Waals surface area contributed by atoms with Gasteiger partial charge in [0.2, 0.25) is 0 Å². The van der Waals surface area contributed by atoms with Gasteiger partial charge in [-0.2, -0.15) is 0 Å². The number of ether oxygens (including phenoxy) is 1. The average molecular weight is 288 g/mol. The molecule has 0 aliphatic rings. The van der Waals surface area contributed by atoms with Crippen molar-refractivity contribution in [2.24, 2.45) is 0 Å². The maximum Gasteiger partial charge on any atom is 0.339 e. The Balaban J connectivity index is 1.75. The van der Waals surface area contributed by atoms with E-state index in [4.69, 9.17) is 0 Å². The van der Waals surface area contributed by atoms with Gasteiger partial charge >= 0.3 is 5.97 Å². The van der Waals surface area contributed by atoms with Crippen LogP contribution in [0.3, 0.4) is 0 Å². The molecule has 1 aromatic heterocycles. The summed E-state index contributed by atoms with van der Waals surface area (Å²) in [7, 11) is 1.34. The number of carbonyl (C=O) groups excluding carboxylic acids is 1. The van der Waals surface area contributed by atoms with Crippen molar-refractivity contribution in [2.45, 2.75) is 13.0 Å². The third-order valence-corrected chi connectivity index (χ3v) is 3.06. The number of hydrogen-bond acceptors (Lipinski definition) is 4. The molecule has 0 bridgehead atoms. The van der Waals surface area contributed by atoms with Crippen LogP contribution < -0.4 is 5.32 Å². The number of pyridine rings is 1. The molecule has 0 amide bonds. The molecule has 110 valence electrons. The van der Waals surface area contributed by atoms with Crippen LogP contribution in [0.25, 0.3) is 0 Å². The van der Waals surface area contributed by atoms with Crippen LogP contribution in [0.5, 0.6) is 0 Å². The number of esters is 1. The first-order valence-corrected chi connectivity index (χ1v) is 6.67. The fourth-order valence-electron chi connectivity index (χ4n) is 1.87. The molecule has 4 nitrogen and oxygen atoms in total. The fraction of sp³-hybridized carbons (Fsp3) is 0.250. The van der Waals surface area contributed by atoms with Crippen molar-refractivity contribution in [3.05, 3.63) is 65.2 Å². The topological polar surface area (TPSA) is 51.2 Å². The number of hydrogen-bond donors (Lipinski definition) is 1. The van der Waals surface area contributed by atoms with Crippen LogP contribution in [0.15, 0.2) is 42.6 Å². The lowest BCUT2D eigenvalue weighted by atomic mass is 10.1. The van der Waals surface area contributed by atoms with Gasteiger partial charge in [0.25, 0.3) is 0 Å². The van der Waals surface area contributed by atoms with E-state index in [9.17, 15) is 9.18 Å². The molecule has 2 rings (SSSR count). The largest absolute Gasteiger partial charge is 0.465 e. The van der Waals surface area contributed by atoms with Gasteiger partial charge in [-0.25, -0.2) is 9.18 Å². The van der Waals surface area contributed by atoms with Gasteiger partial charge in [-0.1, -0.05) is 12.1 Å². The standard InChI is InChI=1S/C16H17FN2O2/c1-21-16(20)13-4-7-15(19-10-13)11-18-9-8-12-2-5-14(17)6-3-12/h2-7,10,18H,8-9,11H2,1H3. The van der Waals surface area contributed by atoms with Crippen LogP contribution in [0, 0.1) is 5.82 Å². The average Bonchev–Trinajstić information content (AvgIpc) is 2.53. The van der Waals surface area contributed by atoms with Gasteiger partial charge in [0, 0.05) is 12.7 Å². The lowest BCUT2D eigenvalue weighted by molar-refractivity contribution is 0.0600. The van der Waals surface area contributed by atoms with E-state index in [2.05, 4.69) is 15.0 Å². The summed E-state index contributed by atoms with van der Waals surface area (Å²) >= 11 is 0. The van der Waals surface area contributed by atoms with Crippen LogP contribution in [0.4, 0.5) is 4.39 Å². The van der Waals surface area contributed by atoms with E-state index in [-0.39, 0.29) is 5.82 Å². The molecule has 1 heterocycles. The van der Waals surface area contributed by atoms with E-state index in [1.165, 1.54) is 25.4 Å². The van der Waals surface area contributed by atoms with Crippen molar-refractivity contribution in [3.63, 3.8) is 0 Å². The minimum Gasteiger partial charge on any atom is -0.465 e. The van der Waals surface area contributed by atoms with Gasteiger partial charge in [-0.15, -0.1) is 0 Å². The number of halogens is 1. The van der Waals surface area contributed by atoms with Crippen molar-refractivity contribution in [1.29, 1.82) is 0 Å². The Bertz CT molecular complexity index is 582. The smallest absolute Gasteiger partial charge is 0.339 e. The molecule has 0 aliphatic carbocycles. The zero-order chi connectivity index (χ0) is 15.1. The molecule has 0 fully saturated rings. The lowest BCUT2D eigenvalue weighted by Crippen LogP contribution is -2.17. The van der Waals surface area contributed by atoms with Crippen LogP contribution >= 0.6 is 0 Å². The Kier molecular flexibility index (Phi) is 5.40. The number of nitrogens with one attached hydrogen (secondary N) is 1. The Hall–Kier alpha value is -2.27. The predicted molar refractivity (Wildman–Crippen MR) is 77.4 cm³/mol. The zero-order valence-electron chi connectivity index (χ0n) is 11.8. The number of methoxy groups -OCH3 is 1. The third-order valence-electron chi connectivity index (χ3n) is 3.06. The molecule has 0 aliphatic heterocycles. The molecule has 0 radical (unpaired) electrons. The highest BCUT2D eigenvalue weighted by Crippen LogP contribution is 2.04. The number of aromatic nitrogens is 1. The summed E-state index contributed by atoms with van der Waals surface area (Å²) in [6.45, 7) is 1.38. The summed E-state index contributed by atoms with van der Waals surface area (Å²) in [5.74, 6) is -0.611. The highest BCUT2D eigenvalue weighted by atomic mass is 19.1. The molecule has 0 spiro atoms. The number of carbonyl (C=O) groups is 1. The molecule has 0 saturated heterocycles.